The van der Waals surface area contributed by atoms with Gasteiger partial charge in [-0.3, -0.25) is 0 Å². The van der Waals surface area contributed by atoms with Gasteiger partial charge in [0.15, 0.2) is 0 Å². The van der Waals surface area contributed by atoms with Crippen LogP contribution in [0.4, 0.5) is 0 Å². The maximum atomic E-state index is 5.01. The minimum Gasteiger partial charge on any atom is -0.305 e. The molecule has 1 N–H and O–H groups in total. The summed E-state index contributed by atoms with van der Waals surface area (Å²) in [6.45, 7) is 4.61. The van der Waals surface area contributed by atoms with Gasteiger partial charge in [0.25, 0.3) is 0 Å². The second kappa shape index (κ2) is 4.83. The number of nitrogens with one attached hydrogen (secondary N) is 1. The fraction of sp³-hybridized carbons (Fsp3) is 1.00. The lowest BCUT2D eigenvalue weighted by atomic mass is 9.78. The predicted molar refractivity (Wildman–Crippen MR) is 50.7 cm³/mol. The van der Waals surface area contributed by atoms with Gasteiger partial charge in [0.1, 0.15) is 0 Å². The molecule has 0 aromatic heterocycles. The third kappa shape index (κ3) is 2.46. The summed E-state index contributed by atoms with van der Waals surface area (Å²) < 4.78 is 0. The average molecular weight is 171 g/mol. The Morgan fingerprint density at radius 3 is 2.50 bits per heavy atom. The average Bonchev–Trinajstić information content (AvgIpc) is 2.05. The van der Waals surface area contributed by atoms with Crippen molar-refractivity contribution in [1.82, 2.24) is 5.48 Å². The lowest BCUT2D eigenvalue weighted by Crippen LogP contribution is -2.40. The Labute approximate surface area is 75.6 Å². The molecule has 0 aromatic carbocycles. The zero-order valence-corrected chi connectivity index (χ0v) is 8.47. The van der Waals surface area contributed by atoms with Gasteiger partial charge in [0.2, 0.25) is 0 Å². The van der Waals surface area contributed by atoms with Crippen LogP contribution in [0.2, 0.25) is 0 Å². The molecule has 0 saturated heterocycles. The van der Waals surface area contributed by atoms with Gasteiger partial charge in [-0.1, -0.05) is 26.7 Å². The van der Waals surface area contributed by atoms with Crippen molar-refractivity contribution in [2.24, 2.45) is 11.8 Å². The lowest BCUT2D eigenvalue weighted by molar-refractivity contribution is 0.0173. The van der Waals surface area contributed by atoms with Gasteiger partial charge in [-0.05, 0) is 24.7 Å². The van der Waals surface area contributed by atoms with Crippen molar-refractivity contribution in [3.8, 4) is 0 Å². The molecule has 0 spiro atoms. The molecular weight excluding hydrogens is 150 g/mol. The molecule has 2 atom stereocenters. The zero-order valence-electron chi connectivity index (χ0n) is 8.47. The van der Waals surface area contributed by atoms with Crippen molar-refractivity contribution in [3.05, 3.63) is 0 Å². The largest absolute Gasteiger partial charge is 0.305 e. The number of hydrogen-bond donors (Lipinski definition) is 1. The van der Waals surface area contributed by atoms with Crippen molar-refractivity contribution in [1.29, 1.82) is 0 Å². The highest BCUT2D eigenvalue weighted by molar-refractivity contribution is 4.80. The molecule has 1 fully saturated rings. The molecule has 0 bridgehead atoms. The maximum absolute atomic E-state index is 5.01. The first-order valence-corrected chi connectivity index (χ1v) is 5.04. The van der Waals surface area contributed by atoms with Crippen molar-refractivity contribution >= 4 is 0 Å². The first-order valence-electron chi connectivity index (χ1n) is 5.04. The summed E-state index contributed by atoms with van der Waals surface area (Å²) in [5, 5.41) is 0. The second-order valence-corrected chi connectivity index (χ2v) is 4.12. The first kappa shape index (κ1) is 10.0. The monoisotopic (exact) mass is 171 g/mol. The van der Waals surface area contributed by atoms with E-state index in [0.29, 0.717) is 6.04 Å². The molecule has 0 radical (unpaired) electrons. The van der Waals surface area contributed by atoms with E-state index in [1.54, 1.807) is 7.11 Å². The fourth-order valence-corrected chi connectivity index (χ4v) is 2.26. The summed E-state index contributed by atoms with van der Waals surface area (Å²) in [4.78, 5) is 5.01. The predicted octanol–water partition coefficient (Wildman–Crippen LogP) is 2.35. The van der Waals surface area contributed by atoms with Crippen LogP contribution in [0, 0.1) is 11.8 Å². The Morgan fingerprint density at radius 1 is 1.25 bits per heavy atom. The number of rotatable bonds is 3. The van der Waals surface area contributed by atoms with E-state index < -0.39 is 0 Å². The molecule has 2 nitrogen and oxygen atoms in total. The molecule has 1 rings (SSSR count). The third-order valence-electron chi connectivity index (χ3n) is 2.94. The van der Waals surface area contributed by atoms with E-state index in [9.17, 15) is 0 Å². The zero-order chi connectivity index (χ0) is 8.97. The van der Waals surface area contributed by atoms with Crippen LogP contribution in [0.15, 0.2) is 0 Å². The molecule has 1 aliphatic rings. The van der Waals surface area contributed by atoms with Crippen LogP contribution >= 0.6 is 0 Å². The van der Waals surface area contributed by atoms with Crippen molar-refractivity contribution < 1.29 is 4.84 Å². The summed E-state index contributed by atoms with van der Waals surface area (Å²) in [5.74, 6) is 1.58. The van der Waals surface area contributed by atoms with Crippen LogP contribution in [-0.2, 0) is 4.84 Å². The van der Waals surface area contributed by atoms with E-state index in [2.05, 4.69) is 19.3 Å². The highest BCUT2D eigenvalue weighted by Gasteiger charge is 2.26. The standard InChI is InChI=1S/C10H21NO/c1-8(2)9-6-4-5-7-10(9)11-12-3/h8-11H,4-7H2,1-3H3. The highest BCUT2D eigenvalue weighted by Crippen LogP contribution is 2.29. The molecule has 0 aliphatic heterocycles. The quantitative estimate of drug-likeness (QED) is 0.658. The molecular formula is C10H21NO. The van der Waals surface area contributed by atoms with E-state index >= 15 is 0 Å². The minimum absolute atomic E-state index is 0.587. The normalized spacial score (nSPS) is 31.0. The Hall–Kier alpha value is -0.0800. The van der Waals surface area contributed by atoms with Crippen LogP contribution in [0.5, 0.6) is 0 Å². The Morgan fingerprint density at radius 2 is 1.92 bits per heavy atom. The molecule has 0 aromatic rings. The van der Waals surface area contributed by atoms with Gasteiger partial charge in [-0.2, -0.15) is 5.48 Å². The van der Waals surface area contributed by atoms with Crippen LogP contribution in [0.1, 0.15) is 39.5 Å². The van der Waals surface area contributed by atoms with E-state index in [0.717, 1.165) is 11.8 Å². The number of hydroxylamine groups is 1. The van der Waals surface area contributed by atoms with Crippen molar-refractivity contribution in [2.45, 2.75) is 45.6 Å². The lowest BCUT2D eigenvalue weighted by Gasteiger charge is -2.34. The smallest absolute Gasteiger partial charge is 0.0572 e. The van der Waals surface area contributed by atoms with Gasteiger partial charge in [-0.25, -0.2) is 0 Å². The summed E-state index contributed by atoms with van der Waals surface area (Å²) in [5.41, 5.74) is 3.12. The van der Waals surface area contributed by atoms with Gasteiger partial charge < -0.3 is 4.84 Å². The summed E-state index contributed by atoms with van der Waals surface area (Å²) in [6, 6.07) is 0.587. The van der Waals surface area contributed by atoms with Gasteiger partial charge in [0, 0.05) is 6.04 Å². The third-order valence-corrected chi connectivity index (χ3v) is 2.94. The van der Waals surface area contributed by atoms with E-state index in [4.69, 9.17) is 4.84 Å². The molecule has 0 amide bonds. The Kier molecular flexibility index (Phi) is 4.02. The van der Waals surface area contributed by atoms with E-state index in [-0.39, 0.29) is 0 Å². The van der Waals surface area contributed by atoms with Crippen LogP contribution < -0.4 is 5.48 Å². The first-order chi connectivity index (χ1) is 5.75. The van der Waals surface area contributed by atoms with Crippen molar-refractivity contribution in [2.75, 3.05) is 7.11 Å². The SMILES string of the molecule is CONC1CCCCC1C(C)C. The van der Waals surface area contributed by atoms with Gasteiger partial charge >= 0.3 is 0 Å². The minimum atomic E-state index is 0.587. The van der Waals surface area contributed by atoms with Gasteiger partial charge in [-0.15, -0.1) is 0 Å². The topological polar surface area (TPSA) is 21.3 Å². The molecule has 1 aliphatic carbocycles. The molecule has 12 heavy (non-hydrogen) atoms. The van der Waals surface area contributed by atoms with E-state index in [1.165, 1.54) is 25.7 Å². The van der Waals surface area contributed by atoms with Crippen LogP contribution in [-0.4, -0.2) is 13.2 Å². The summed E-state index contributed by atoms with van der Waals surface area (Å²) in [7, 11) is 1.71. The van der Waals surface area contributed by atoms with Crippen molar-refractivity contribution in [3.63, 3.8) is 0 Å². The molecule has 2 heteroatoms. The maximum Gasteiger partial charge on any atom is 0.0572 e. The highest BCUT2D eigenvalue weighted by atomic mass is 16.6. The summed E-state index contributed by atoms with van der Waals surface area (Å²) in [6.07, 6.45) is 5.38. The molecule has 0 heterocycles. The van der Waals surface area contributed by atoms with Crippen LogP contribution in [0.3, 0.4) is 0 Å². The molecule has 2 unspecified atom stereocenters. The molecule has 72 valence electrons. The van der Waals surface area contributed by atoms with E-state index in [1.807, 2.05) is 0 Å². The Bertz CT molecular complexity index is 123. The van der Waals surface area contributed by atoms with Crippen LogP contribution in [0.25, 0.3) is 0 Å². The fourth-order valence-electron chi connectivity index (χ4n) is 2.26. The molecule has 1 saturated carbocycles. The Balaban J connectivity index is 2.42. The summed E-state index contributed by atoms with van der Waals surface area (Å²) >= 11 is 0. The number of hydrogen-bond acceptors (Lipinski definition) is 2. The second-order valence-electron chi connectivity index (χ2n) is 4.12. The van der Waals surface area contributed by atoms with Gasteiger partial charge in [0.05, 0.1) is 7.11 Å².